The molecule has 1 amide bonds. The third-order valence-electron chi connectivity index (χ3n) is 4.35. The topological polar surface area (TPSA) is 60.5 Å². The monoisotopic (exact) mass is 476 g/mol. The normalized spacial score (nSPS) is 11.1. The number of anilines is 1. The molecule has 3 rings (SSSR count). The minimum Gasteiger partial charge on any atom is -0.494 e. The van der Waals surface area contributed by atoms with Crippen LogP contribution in [0.15, 0.2) is 40.9 Å². The Balaban J connectivity index is 1.58. The number of nitrogens with zero attached hydrogens (tertiary/aromatic N) is 1. The SMILES string of the molecule is CCCCOc1ccc2nc(NC(=O)COc3ccc(C(C)C)cc3Br)sc2c1. The summed E-state index contributed by atoms with van der Waals surface area (Å²) < 4.78 is 13.2. The van der Waals surface area contributed by atoms with Gasteiger partial charge in [0, 0.05) is 0 Å². The number of thiazole rings is 1. The van der Waals surface area contributed by atoms with Crippen LogP contribution >= 0.6 is 27.3 Å². The Labute approximate surface area is 183 Å². The summed E-state index contributed by atoms with van der Waals surface area (Å²) in [4.78, 5) is 16.7. The fraction of sp³-hybridized carbons (Fsp3) is 0.364. The van der Waals surface area contributed by atoms with Crippen LogP contribution in [0, 0.1) is 0 Å². The number of amides is 1. The van der Waals surface area contributed by atoms with Gasteiger partial charge in [-0.25, -0.2) is 4.98 Å². The quantitative estimate of drug-likeness (QED) is 0.364. The van der Waals surface area contributed by atoms with Crippen molar-refractivity contribution in [3.63, 3.8) is 0 Å². The molecule has 0 aliphatic carbocycles. The molecule has 5 nitrogen and oxygen atoms in total. The molecule has 0 spiro atoms. The van der Waals surface area contributed by atoms with Gasteiger partial charge in [0.25, 0.3) is 5.91 Å². The zero-order chi connectivity index (χ0) is 20.8. The maximum Gasteiger partial charge on any atom is 0.264 e. The van der Waals surface area contributed by atoms with Crippen LogP contribution in [0.2, 0.25) is 0 Å². The Kier molecular flexibility index (Phi) is 7.50. The average Bonchev–Trinajstić information content (AvgIpc) is 3.08. The number of carbonyl (C=O) groups is 1. The molecule has 154 valence electrons. The second kappa shape index (κ2) is 10.1. The molecule has 29 heavy (non-hydrogen) atoms. The van der Waals surface area contributed by atoms with Crippen molar-refractivity contribution in [2.45, 2.75) is 39.5 Å². The Bertz CT molecular complexity index is 987. The molecular formula is C22H25BrN2O3S. The Hall–Kier alpha value is -2.12. The summed E-state index contributed by atoms with van der Waals surface area (Å²) >= 11 is 4.93. The van der Waals surface area contributed by atoms with Crippen molar-refractivity contribution in [2.24, 2.45) is 0 Å². The van der Waals surface area contributed by atoms with Crippen molar-refractivity contribution in [2.75, 3.05) is 18.5 Å². The molecule has 0 bridgehead atoms. The molecule has 7 heteroatoms. The molecule has 1 N–H and O–H groups in total. The number of unbranched alkanes of at least 4 members (excludes halogenated alkanes) is 1. The predicted octanol–water partition coefficient (Wildman–Crippen LogP) is 6.38. The fourth-order valence-corrected chi connectivity index (χ4v) is 4.10. The summed E-state index contributed by atoms with van der Waals surface area (Å²) in [5, 5.41) is 3.36. The van der Waals surface area contributed by atoms with E-state index >= 15 is 0 Å². The number of halogens is 1. The summed E-state index contributed by atoms with van der Waals surface area (Å²) in [6.07, 6.45) is 2.12. The lowest BCUT2D eigenvalue weighted by Gasteiger charge is -2.11. The van der Waals surface area contributed by atoms with E-state index in [1.54, 1.807) is 0 Å². The highest BCUT2D eigenvalue weighted by molar-refractivity contribution is 9.10. The van der Waals surface area contributed by atoms with Gasteiger partial charge in [0.1, 0.15) is 11.5 Å². The van der Waals surface area contributed by atoms with E-state index in [2.05, 4.69) is 47.0 Å². The number of hydrogen-bond donors (Lipinski definition) is 1. The second-order valence-corrected chi connectivity index (χ2v) is 8.92. The number of carbonyl (C=O) groups excluding carboxylic acids is 1. The smallest absolute Gasteiger partial charge is 0.264 e. The van der Waals surface area contributed by atoms with Gasteiger partial charge in [0.2, 0.25) is 0 Å². The standard InChI is InChI=1S/C22H25BrN2O3S/c1-4-5-10-27-16-7-8-18-20(12-16)29-22(24-18)25-21(26)13-28-19-9-6-15(14(2)3)11-17(19)23/h6-9,11-12,14H,4-5,10,13H2,1-3H3,(H,24,25,26). The minimum atomic E-state index is -0.247. The number of aromatic nitrogens is 1. The van der Waals surface area contributed by atoms with E-state index < -0.39 is 0 Å². The maximum atomic E-state index is 12.3. The zero-order valence-corrected chi connectivity index (χ0v) is 19.2. The van der Waals surface area contributed by atoms with Gasteiger partial charge in [-0.2, -0.15) is 0 Å². The van der Waals surface area contributed by atoms with Crippen molar-refractivity contribution in [1.29, 1.82) is 0 Å². The van der Waals surface area contributed by atoms with Crippen LogP contribution in [-0.2, 0) is 4.79 Å². The van der Waals surface area contributed by atoms with E-state index in [1.165, 1.54) is 16.9 Å². The highest BCUT2D eigenvalue weighted by atomic mass is 79.9. The first-order valence-electron chi connectivity index (χ1n) is 9.71. The molecular weight excluding hydrogens is 452 g/mol. The van der Waals surface area contributed by atoms with Crippen molar-refractivity contribution < 1.29 is 14.3 Å². The van der Waals surface area contributed by atoms with Crippen LogP contribution in [0.25, 0.3) is 10.2 Å². The van der Waals surface area contributed by atoms with Crippen LogP contribution in [0.3, 0.4) is 0 Å². The molecule has 2 aromatic carbocycles. The second-order valence-electron chi connectivity index (χ2n) is 7.03. The summed E-state index contributed by atoms with van der Waals surface area (Å²) in [7, 11) is 0. The average molecular weight is 477 g/mol. The summed E-state index contributed by atoms with van der Waals surface area (Å²) in [5.74, 6) is 1.65. The molecule has 3 aromatic rings. The first-order chi connectivity index (χ1) is 14.0. The van der Waals surface area contributed by atoms with Gasteiger partial charge >= 0.3 is 0 Å². The van der Waals surface area contributed by atoms with Gasteiger partial charge in [-0.15, -0.1) is 0 Å². The molecule has 1 aromatic heterocycles. The Morgan fingerprint density at radius 3 is 2.76 bits per heavy atom. The molecule has 0 fully saturated rings. The lowest BCUT2D eigenvalue weighted by molar-refractivity contribution is -0.118. The molecule has 0 saturated heterocycles. The highest BCUT2D eigenvalue weighted by Gasteiger charge is 2.11. The number of nitrogens with one attached hydrogen (secondary N) is 1. The van der Waals surface area contributed by atoms with Crippen LogP contribution in [0.5, 0.6) is 11.5 Å². The Morgan fingerprint density at radius 2 is 2.03 bits per heavy atom. The third kappa shape index (κ3) is 5.93. The highest BCUT2D eigenvalue weighted by Crippen LogP contribution is 2.30. The van der Waals surface area contributed by atoms with E-state index in [9.17, 15) is 4.79 Å². The van der Waals surface area contributed by atoms with Gasteiger partial charge in [-0.05, 0) is 64.2 Å². The zero-order valence-electron chi connectivity index (χ0n) is 16.8. The van der Waals surface area contributed by atoms with E-state index in [0.29, 0.717) is 23.4 Å². The lowest BCUT2D eigenvalue weighted by atomic mass is 10.0. The van der Waals surface area contributed by atoms with Gasteiger partial charge in [0.15, 0.2) is 11.7 Å². The van der Waals surface area contributed by atoms with E-state index in [0.717, 1.165) is 33.3 Å². The Morgan fingerprint density at radius 1 is 1.21 bits per heavy atom. The largest absolute Gasteiger partial charge is 0.494 e. The van der Waals surface area contributed by atoms with E-state index in [1.807, 2.05) is 36.4 Å². The summed E-state index contributed by atoms with van der Waals surface area (Å²) in [5.41, 5.74) is 2.04. The fourth-order valence-electron chi connectivity index (χ4n) is 2.67. The summed E-state index contributed by atoms with van der Waals surface area (Å²) in [6, 6.07) is 11.7. The summed E-state index contributed by atoms with van der Waals surface area (Å²) in [6.45, 7) is 7.02. The molecule has 0 saturated carbocycles. The van der Waals surface area contributed by atoms with Crippen molar-refractivity contribution >= 4 is 48.5 Å². The van der Waals surface area contributed by atoms with Gasteiger partial charge < -0.3 is 9.47 Å². The molecule has 0 aliphatic heterocycles. The first-order valence-corrected chi connectivity index (χ1v) is 11.3. The van der Waals surface area contributed by atoms with Crippen LogP contribution < -0.4 is 14.8 Å². The number of hydrogen-bond acceptors (Lipinski definition) is 5. The van der Waals surface area contributed by atoms with Crippen LogP contribution in [-0.4, -0.2) is 24.1 Å². The third-order valence-corrected chi connectivity index (χ3v) is 5.91. The first kappa shape index (κ1) is 21.6. The van der Waals surface area contributed by atoms with Crippen molar-refractivity contribution in [1.82, 2.24) is 4.98 Å². The van der Waals surface area contributed by atoms with Crippen LogP contribution in [0.4, 0.5) is 5.13 Å². The molecule has 1 heterocycles. The molecule has 0 radical (unpaired) electrons. The van der Waals surface area contributed by atoms with Gasteiger partial charge in [-0.3, -0.25) is 10.1 Å². The molecule has 0 unspecified atom stereocenters. The van der Waals surface area contributed by atoms with Crippen molar-refractivity contribution in [3.8, 4) is 11.5 Å². The van der Waals surface area contributed by atoms with E-state index in [4.69, 9.17) is 9.47 Å². The lowest BCUT2D eigenvalue weighted by Crippen LogP contribution is -2.20. The van der Waals surface area contributed by atoms with E-state index in [-0.39, 0.29) is 12.5 Å². The van der Waals surface area contributed by atoms with Gasteiger partial charge in [0.05, 0.1) is 21.3 Å². The number of fused-ring (bicyclic) bond motifs is 1. The molecule has 0 atom stereocenters. The number of benzene rings is 2. The van der Waals surface area contributed by atoms with Crippen molar-refractivity contribution in [3.05, 3.63) is 46.4 Å². The minimum absolute atomic E-state index is 0.0824. The van der Waals surface area contributed by atoms with Gasteiger partial charge in [-0.1, -0.05) is 44.6 Å². The van der Waals surface area contributed by atoms with Crippen LogP contribution in [0.1, 0.15) is 45.1 Å². The number of ether oxygens (including phenoxy) is 2. The number of rotatable bonds is 9. The maximum absolute atomic E-state index is 12.3. The predicted molar refractivity (Wildman–Crippen MR) is 122 cm³/mol. The molecule has 0 aliphatic rings.